The summed E-state index contributed by atoms with van der Waals surface area (Å²) in [5, 5.41) is 4.38. The second-order valence-corrected chi connectivity index (χ2v) is 6.27. The Balaban J connectivity index is 1.92. The molecule has 0 bridgehead atoms. The maximum atomic E-state index is 5.95. The van der Waals surface area contributed by atoms with Crippen LogP contribution >= 0.6 is 11.6 Å². The van der Waals surface area contributed by atoms with Crippen LogP contribution in [0.3, 0.4) is 0 Å². The lowest BCUT2D eigenvalue weighted by molar-refractivity contribution is 0.298. The Morgan fingerprint density at radius 3 is 1.96 bits per heavy atom. The number of nitrogens with one attached hydrogen (secondary N) is 1. The third-order valence-corrected chi connectivity index (χ3v) is 4.61. The summed E-state index contributed by atoms with van der Waals surface area (Å²) >= 11 is 5.95. The van der Waals surface area contributed by atoms with Gasteiger partial charge in [0.15, 0.2) is 0 Å². The summed E-state index contributed by atoms with van der Waals surface area (Å²) in [7, 11) is 0. The molecule has 0 saturated carbocycles. The van der Waals surface area contributed by atoms with Crippen molar-refractivity contribution in [2.24, 2.45) is 0 Å². The molecule has 1 N–H and O–H groups in total. The standard InChI is InChI=1S/C20H27ClN2/c1-4-23(5-2)15-14-22-16(3)17-6-8-18(9-7-17)19-10-12-20(21)13-11-19/h6-13,16,22H,4-5,14-15H2,1-3H3. The third-order valence-electron chi connectivity index (χ3n) is 4.36. The van der Waals surface area contributed by atoms with E-state index in [1.807, 2.05) is 12.1 Å². The fourth-order valence-corrected chi connectivity index (χ4v) is 2.83. The van der Waals surface area contributed by atoms with Gasteiger partial charge in [0.1, 0.15) is 0 Å². The molecule has 0 aliphatic rings. The molecule has 0 heterocycles. The third kappa shape index (κ3) is 5.35. The fourth-order valence-electron chi connectivity index (χ4n) is 2.70. The highest BCUT2D eigenvalue weighted by Gasteiger charge is 2.06. The van der Waals surface area contributed by atoms with Crippen LogP contribution in [-0.4, -0.2) is 31.1 Å². The summed E-state index contributed by atoms with van der Waals surface area (Å²) in [5.41, 5.74) is 3.74. The summed E-state index contributed by atoms with van der Waals surface area (Å²) in [6.07, 6.45) is 0. The lowest BCUT2D eigenvalue weighted by Gasteiger charge is -2.20. The molecule has 1 atom stereocenters. The van der Waals surface area contributed by atoms with E-state index in [9.17, 15) is 0 Å². The zero-order chi connectivity index (χ0) is 16.7. The molecule has 0 aliphatic carbocycles. The second-order valence-electron chi connectivity index (χ2n) is 5.83. The van der Waals surface area contributed by atoms with Crippen molar-refractivity contribution in [3.8, 4) is 11.1 Å². The number of hydrogen-bond acceptors (Lipinski definition) is 2. The molecule has 0 fully saturated rings. The molecule has 0 spiro atoms. The van der Waals surface area contributed by atoms with E-state index in [0.29, 0.717) is 6.04 Å². The van der Waals surface area contributed by atoms with Crippen LogP contribution in [0.2, 0.25) is 5.02 Å². The van der Waals surface area contributed by atoms with Crippen LogP contribution < -0.4 is 5.32 Å². The second kappa shape index (κ2) is 9.07. The van der Waals surface area contributed by atoms with Crippen molar-refractivity contribution in [2.75, 3.05) is 26.2 Å². The van der Waals surface area contributed by atoms with Crippen molar-refractivity contribution >= 4 is 11.6 Å². The summed E-state index contributed by atoms with van der Waals surface area (Å²) in [4.78, 5) is 2.43. The van der Waals surface area contributed by atoms with Crippen molar-refractivity contribution in [3.63, 3.8) is 0 Å². The Morgan fingerprint density at radius 1 is 0.913 bits per heavy atom. The number of nitrogens with zero attached hydrogens (tertiary/aromatic N) is 1. The molecule has 2 aromatic carbocycles. The molecule has 0 radical (unpaired) electrons. The number of halogens is 1. The van der Waals surface area contributed by atoms with E-state index in [-0.39, 0.29) is 0 Å². The largest absolute Gasteiger partial charge is 0.309 e. The highest BCUT2D eigenvalue weighted by Crippen LogP contribution is 2.23. The Bertz CT molecular complexity index is 574. The zero-order valence-electron chi connectivity index (χ0n) is 14.3. The molecule has 0 aromatic heterocycles. The normalized spacial score (nSPS) is 12.6. The highest BCUT2D eigenvalue weighted by molar-refractivity contribution is 6.30. The molecule has 0 amide bonds. The molecule has 2 rings (SSSR count). The molecule has 2 nitrogen and oxygen atoms in total. The minimum Gasteiger partial charge on any atom is -0.309 e. The molecular weight excluding hydrogens is 304 g/mol. The first-order chi connectivity index (χ1) is 11.1. The summed E-state index contributed by atoms with van der Waals surface area (Å²) in [6.45, 7) is 11.0. The van der Waals surface area contributed by atoms with E-state index in [2.05, 4.69) is 67.4 Å². The van der Waals surface area contributed by atoms with E-state index >= 15 is 0 Å². The minimum absolute atomic E-state index is 0.366. The van der Waals surface area contributed by atoms with Crippen LogP contribution in [0.15, 0.2) is 48.5 Å². The Kier molecular flexibility index (Phi) is 7.10. The van der Waals surface area contributed by atoms with Gasteiger partial charge in [0.2, 0.25) is 0 Å². The van der Waals surface area contributed by atoms with Gasteiger partial charge in [0.25, 0.3) is 0 Å². The van der Waals surface area contributed by atoms with Crippen molar-refractivity contribution in [1.82, 2.24) is 10.2 Å². The lowest BCUT2D eigenvalue weighted by Crippen LogP contribution is -2.33. The maximum absolute atomic E-state index is 5.95. The first-order valence-electron chi connectivity index (χ1n) is 8.45. The van der Waals surface area contributed by atoms with Crippen molar-refractivity contribution in [2.45, 2.75) is 26.8 Å². The van der Waals surface area contributed by atoms with Gasteiger partial charge < -0.3 is 10.2 Å². The van der Waals surface area contributed by atoms with Crippen LogP contribution in [0.25, 0.3) is 11.1 Å². The van der Waals surface area contributed by atoms with Gasteiger partial charge in [-0.1, -0.05) is 61.8 Å². The minimum atomic E-state index is 0.366. The van der Waals surface area contributed by atoms with Gasteiger partial charge in [-0.05, 0) is 48.8 Å². The fraction of sp³-hybridized carbons (Fsp3) is 0.400. The van der Waals surface area contributed by atoms with Gasteiger partial charge in [0.05, 0.1) is 0 Å². The molecule has 2 aromatic rings. The van der Waals surface area contributed by atoms with Crippen molar-refractivity contribution in [1.29, 1.82) is 0 Å². The van der Waals surface area contributed by atoms with E-state index in [1.54, 1.807) is 0 Å². The molecule has 1 unspecified atom stereocenters. The zero-order valence-corrected chi connectivity index (χ0v) is 15.1. The molecular formula is C20H27ClN2. The summed E-state index contributed by atoms with van der Waals surface area (Å²) in [5.74, 6) is 0. The number of benzene rings is 2. The predicted molar refractivity (Wildman–Crippen MR) is 101 cm³/mol. The van der Waals surface area contributed by atoms with Gasteiger partial charge in [0, 0.05) is 24.2 Å². The van der Waals surface area contributed by atoms with Gasteiger partial charge >= 0.3 is 0 Å². The number of hydrogen-bond donors (Lipinski definition) is 1. The molecule has 3 heteroatoms. The van der Waals surface area contributed by atoms with Crippen LogP contribution in [0.1, 0.15) is 32.4 Å². The number of rotatable bonds is 8. The quantitative estimate of drug-likeness (QED) is 0.732. The molecule has 0 aliphatic heterocycles. The van der Waals surface area contributed by atoms with E-state index in [0.717, 1.165) is 31.2 Å². The lowest BCUT2D eigenvalue weighted by atomic mass is 10.0. The number of likely N-dealkylation sites (N-methyl/N-ethyl adjacent to an activating group) is 1. The Labute approximate surface area is 145 Å². The average Bonchev–Trinajstić information content (AvgIpc) is 2.59. The maximum Gasteiger partial charge on any atom is 0.0406 e. The van der Waals surface area contributed by atoms with Crippen LogP contribution in [0, 0.1) is 0 Å². The van der Waals surface area contributed by atoms with E-state index in [1.165, 1.54) is 16.7 Å². The summed E-state index contributed by atoms with van der Waals surface area (Å²) < 4.78 is 0. The predicted octanol–water partition coefficient (Wildman–Crippen LogP) is 5.00. The van der Waals surface area contributed by atoms with Gasteiger partial charge in [-0.2, -0.15) is 0 Å². The average molecular weight is 331 g/mol. The van der Waals surface area contributed by atoms with Crippen LogP contribution in [-0.2, 0) is 0 Å². The summed E-state index contributed by atoms with van der Waals surface area (Å²) in [6, 6.07) is 17.1. The first-order valence-corrected chi connectivity index (χ1v) is 8.83. The Hall–Kier alpha value is -1.35. The van der Waals surface area contributed by atoms with Crippen LogP contribution in [0.4, 0.5) is 0 Å². The topological polar surface area (TPSA) is 15.3 Å². The highest BCUT2D eigenvalue weighted by atomic mass is 35.5. The van der Waals surface area contributed by atoms with E-state index in [4.69, 9.17) is 11.6 Å². The first kappa shape index (κ1) is 18.0. The van der Waals surface area contributed by atoms with E-state index < -0.39 is 0 Å². The Morgan fingerprint density at radius 2 is 1.43 bits per heavy atom. The molecule has 23 heavy (non-hydrogen) atoms. The van der Waals surface area contributed by atoms with Crippen molar-refractivity contribution < 1.29 is 0 Å². The molecule has 0 saturated heterocycles. The van der Waals surface area contributed by atoms with Gasteiger partial charge in [-0.25, -0.2) is 0 Å². The van der Waals surface area contributed by atoms with Gasteiger partial charge in [-0.15, -0.1) is 0 Å². The monoisotopic (exact) mass is 330 g/mol. The van der Waals surface area contributed by atoms with Crippen LogP contribution in [0.5, 0.6) is 0 Å². The molecule has 124 valence electrons. The SMILES string of the molecule is CCN(CC)CCNC(C)c1ccc(-c2ccc(Cl)cc2)cc1. The smallest absolute Gasteiger partial charge is 0.0406 e. The van der Waals surface area contributed by atoms with Gasteiger partial charge in [-0.3, -0.25) is 0 Å². The van der Waals surface area contributed by atoms with Crippen molar-refractivity contribution in [3.05, 3.63) is 59.1 Å².